The van der Waals surface area contributed by atoms with E-state index in [4.69, 9.17) is 0 Å². The normalized spacial score (nSPS) is 12.0. The summed E-state index contributed by atoms with van der Waals surface area (Å²) >= 11 is 0. The molecule has 0 spiro atoms. The van der Waals surface area contributed by atoms with Crippen LogP contribution in [-0.2, 0) is 11.3 Å². The van der Waals surface area contributed by atoms with Crippen LogP contribution in [0.4, 0.5) is 10.1 Å². The van der Waals surface area contributed by atoms with Crippen molar-refractivity contribution in [1.82, 2.24) is 15.1 Å². The first-order chi connectivity index (χ1) is 9.99. The first-order valence-electron chi connectivity index (χ1n) is 6.47. The Hall–Kier alpha value is -2.57. The van der Waals surface area contributed by atoms with Gasteiger partial charge in [0.1, 0.15) is 18.1 Å². The molecule has 1 aromatic heterocycles. The summed E-state index contributed by atoms with van der Waals surface area (Å²) in [5.41, 5.74) is 1.28. The fourth-order valence-electron chi connectivity index (χ4n) is 1.96. The fourth-order valence-corrected chi connectivity index (χ4v) is 1.96. The van der Waals surface area contributed by atoms with Gasteiger partial charge in [-0.1, -0.05) is 6.07 Å². The molecule has 2 rings (SSSR count). The molecule has 7 heteroatoms. The van der Waals surface area contributed by atoms with Gasteiger partial charge in [0.05, 0.1) is 17.9 Å². The molecule has 0 fully saturated rings. The van der Waals surface area contributed by atoms with Crippen LogP contribution in [0.1, 0.15) is 18.5 Å². The molecule has 1 amide bonds. The second-order valence-corrected chi connectivity index (χ2v) is 4.67. The van der Waals surface area contributed by atoms with Gasteiger partial charge in [0, 0.05) is 24.9 Å². The van der Waals surface area contributed by atoms with E-state index in [1.807, 2.05) is 6.92 Å². The number of nitrogens with zero attached hydrogens (tertiary/aromatic N) is 2. The number of halogens is 1. The molecule has 0 radical (unpaired) electrons. The van der Waals surface area contributed by atoms with Crippen molar-refractivity contribution in [2.45, 2.75) is 19.5 Å². The zero-order valence-corrected chi connectivity index (χ0v) is 11.8. The summed E-state index contributed by atoms with van der Waals surface area (Å²) in [4.78, 5) is 11.2. The molecule has 2 aromatic rings. The van der Waals surface area contributed by atoms with Gasteiger partial charge >= 0.3 is 0 Å². The van der Waals surface area contributed by atoms with E-state index in [-0.39, 0.29) is 24.2 Å². The van der Waals surface area contributed by atoms with Crippen LogP contribution in [0.2, 0.25) is 0 Å². The lowest BCUT2D eigenvalue weighted by molar-refractivity contribution is -0.121. The number of phenolic OH excluding ortho intramolecular Hbond substituents is 1. The molecule has 6 nitrogen and oxygen atoms in total. The minimum Gasteiger partial charge on any atom is -0.507 e. The van der Waals surface area contributed by atoms with Crippen molar-refractivity contribution >= 4 is 11.6 Å². The lowest BCUT2D eigenvalue weighted by Gasteiger charge is -2.15. The number of carbonyl (C=O) groups is 1. The van der Waals surface area contributed by atoms with Crippen LogP contribution < -0.4 is 10.6 Å². The third-order valence-electron chi connectivity index (χ3n) is 3.06. The van der Waals surface area contributed by atoms with Crippen molar-refractivity contribution in [2.24, 2.45) is 0 Å². The summed E-state index contributed by atoms with van der Waals surface area (Å²) < 4.78 is 14.5. The fraction of sp³-hybridized carbons (Fsp3) is 0.286. The van der Waals surface area contributed by atoms with Gasteiger partial charge in [0.15, 0.2) is 0 Å². The number of hydrogen-bond acceptors (Lipinski definition) is 4. The van der Waals surface area contributed by atoms with Gasteiger partial charge in [-0.05, 0) is 13.0 Å². The molecular weight excluding hydrogens is 275 g/mol. The molecule has 0 saturated carbocycles. The first-order valence-corrected chi connectivity index (χ1v) is 6.47. The van der Waals surface area contributed by atoms with Gasteiger partial charge in [-0.3, -0.25) is 9.48 Å². The van der Waals surface area contributed by atoms with Crippen molar-refractivity contribution in [3.63, 3.8) is 0 Å². The smallest absolute Gasteiger partial charge is 0.241 e. The Balaban J connectivity index is 2.05. The van der Waals surface area contributed by atoms with E-state index >= 15 is 0 Å². The van der Waals surface area contributed by atoms with Crippen molar-refractivity contribution in [3.05, 3.63) is 42.0 Å². The van der Waals surface area contributed by atoms with Crippen molar-refractivity contribution in [2.75, 3.05) is 12.4 Å². The SMILES string of the molecule is CNC(=O)Cn1cc(NC(C)c2ccc(F)cc2O)cn1. The van der Waals surface area contributed by atoms with Gasteiger partial charge in [-0.2, -0.15) is 5.10 Å². The highest BCUT2D eigenvalue weighted by Crippen LogP contribution is 2.27. The third kappa shape index (κ3) is 3.71. The molecule has 1 aromatic carbocycles. The average Bonchev–Trinajstić information content (AvgIpc) is 2.85. The van der Waals surface area contributed by atoms with E-state index in [2.05, 4.69) is 15.7 Å². The number of amides is 1. The Bertz CT molecular complexity index is 642. The van der Waals surface area contributed by atoms with Gasteiger partial charge < -0.3 is 15.7 Å². The Labute approximate surface area is 121 Å². The van der Waals surface area contributed by atoms with Crippen LogP contribution in [0.3, 0.4) is 0 Å². The maximum absolute atomic E-state index is 13.0. The van der Waals surface area contributed by atoms with Crippen molar-refractivity contribution < 1.29 is 14.3 Å². The van der Waals surface area contributed by atoms with Crippen LogP contribution in [0.15, 0.2) is 30.6 Å². The number of nitrogens with one attached hydrogen (secondary N) is 2. The third-order valence-corrected chi connectivity index (χ3v) is 3.06. The number of aromatic hydroxyl groups is 1. The lowest BCUT2D eigenvalue weighted by Crippen LogP contribution is -2.23. The molecule has 1 heterocycles. The zero-order valence-electron chi connectivity index (χ0n) is 11.8. The summed E-state index contributed by atoms with van der Waals surface area (Å²) in [6, 6.07) is 3.66. The Morgan fingerprint density at radius 3 is 2.95 bits per heavy atom. The van der Waals surface area contributed by atoms with Gasteiger partial charge in [0.2, 0.25) is 5.91 Å². The average molecular weight is 292 g/mol. The second kappa shape index (κ2) is 6.25. The van der Waals surface area contributed by atoms with E-state index < -0.39 is 5.82 Å². The topological polar surface area (TPSA) is 79.2 Å². The van der Waals surface area contributed by atoms with E-state index in [0.29, 0.717) is 11.3 Å². The highest BCUT2D eigenvalue weighted by molar-refractivity contribution is 5.75. The van der Waals surface area contributed by atoms with Crippen LogP contribution >= 0.6 is 0 Å². The van der Waals surface area contributed by atoms with E-state index in [0.717, 1.165) is 6.07 Å². The van der Waals surface area contributed by atoms with Crippen LogP contribution in [0.5, 0.6) is 5.75 Å². The zero-order chi connectivity index (χ0) is 15.4. The maximum Gasteiger partial charge on any atom is 0.241 e. The number of anilines is 1. The molecule has 1 unspecified atom stereocenters. The second-order valence-electron chi connectivity index (χ2n) is 4.67. The molecule has 0 aliphatic carbocycles. The number of hydrogen-bond donors (Lipinski definition) is 3. The maximum atomic E-state index is 13.0. The van der Waals surface area contributed by atoms with Crippen molar-refractivity contribution in [3.8, 4) is 5.75 Å². The predicted molar refractivity (Wildman–Crippen MR) is 76.4 cm³/mol. The number of likely N-dealkylation sites (N-methyl/N-ethyl adjacent to an activating group) is 1. The number of phenols is 1. The number of aromatic nitrogens is 2. The molecule has 112 valence electrons. The molecule has 0 saturated heterocycles. The number of rotatable bonds is 5. The number of benzene rings is 1. The van der Waals surface area contributed by atoms with E-state index in [9.17, 15) is 14.3 Å². The number of carbonyl (C=O) groups excluding carboxylic acids is 1. The van der Waals surface area contributed by atoms with Crippen LogP contribution in [0.25, 0.3) is 0 Å². The van der Waals surface area contributed by atoms with Crippen LogP contribution in [0, 0.1) is 5.82 Å². The van der Waals surface area contributed by atoms with Gasteiger partial charge in [-0.25, -0.2) is 4.39 Å². The predicted octanol–water partition coefficient (Wildman–Crippen LogP) is 1.65. The van der Waals surface area contributed by atoms with Crippen molar-refractivity contribution in [1.29, 1.82) is 0 Å². The minimum absolute atomic E-state index is 0.104. The first kappa shape index (κ1) is 14.8. The van der Waals surface area contributed by atoms with E-state index in [1.54, 1.807) is 19.4 Å². The molecule has 1 atom stereocenters. The highest BCUT2D eigenvalue weighted by Gasteiger charge is 2.12. The summed E-state index contributed by atoms with van der Waals surface area (Å²) in [6.07, 6.45) is 3.27. The largest absolute Gasteiger partial charge is 0.507 e. The van der Waals surface area contributed by atoms with Gasteiger partial charge in [-0.15, -0.1) is 0 Å². The lowest BCUT2D eigenvalue weighted by atomic mass is 10.1. The highest BCUT2D eigenvalue weighted by atomic mass is 19.1. The van der Waals surface area contributed by atoms with E-state index in [1.165, 1.54) is 16.8 Å². The van der Waals surface area contributed by atoms with Gasteiger partial charge in [0.25, 0.3) is 0 Å². The molecule has 0 bridgehead atoms. The minimum atomic E-state index is -0.484. The summed E-state index contributed by atoms with van der Waals surface area (Å²) in [5.74, 6) is -0.733. The Morgan fingerprint density at radius 1 is 1.52 bits per heavy atom. The Kier molecular flexibility index (Phi) is 4.42. The summed E-state index contributed by atoms with van der Waals surface area (Å²) in [7, 11) is 1.56. The molecule has 0 aliphatic rings. The molecule has 3 N–H and O–H groups in total. The monoisotopic (exact) mass is 292 g/mol. The molecule has 0 aliphatic heterocycles. The van der Waals surface area contributed by atoms with Crippen LogP contribution in [-0.4, -0.2) is 27.8 Å². The summed E-state index contributed by atoms with van der Waals surface area (Å²) in [6.45, 7) is 1.97. The Morgan fingerprint density at radius 2 is 2.29 bits per heavy atom. The standard InChI is InChI=1S/C14H17FN4O2/c1-9(12-4-3-10(15)5-13(12)20)18-11-6-17-19(7-11)8-14(21)16-2/h3-7,9,18,20H,8H2,1-2H3,(H,16,21). The summed E-state index contributed by atoms with van der Waals surface area (Å²) in [5, 5.41) is 19.4. The molecular formula is C14H17FN4O2. The quantitative estimate of drug-likeness (QED) is 0.783. The molecule has 21 heavy (non-hydrogen) atoms.